The molecule has 1 fully saturated rings. The number of nitriles is 1. The molecule has 0 saturated carbocycles. The zero-order valence-electron chi connectivity index (χ0n) is 16.1. The smallest absolute Gasteiger partial charge is 0.269 e. The lowest BCUT2D eigenvalue weighted by molar-refractivity contribution is -0.128. The minimum atomic E-state index is -0.340. The zero-order valence-corrected chi connectivity index (χ0v) is 16.9. The van der Waals surface area contributed by atoms with Crippen LogP contribution in [0.5, 0.6) is 0 Å². The van der Waals surface area contributed by atoms with E-state index in [1.807, 2.05) is 43.3 Å². The van der Waals surface area contributed by atoms with Crippen LogP contribution in [0.2, 0.25) is 0 Å². The van der Waals surface area contributed by atoms with Crippen molar-refractivity contribution in [2.45, 2.75) is 26.8 Å². The van der Waals surface area contributed by atoms with E-state index in [2.05, 4.69) is 6.92 Å². The Morgan fingerprint density at radius 1 is 1.25 bits per heavy atom. The van der Waals surface area contributed by atoms with Crippen molar-refractivity contribution in [2.24, 2.45) is 0 Å². The number of ether oxygens (including phenoxy) is 1. The third-order valence-corrected chi connectivity index (χ3v) is 5.88. The minimum absolute atomic E-state index is 0.0202. The Bertz CT molecular complexity index is 1070. The molecule has 28 heavy (non-hydrogen) atoms. The third kappa shape index (κ3) is 4.08. The van der Waals surface area contributed by atoms with Crippen molar-refractivity contribution < 1.29 is 9.53 Å². The number of carbonyl (C=O) groups excluding carboxylic acids is 1. The number of morpholine rings is 1. The van der Waals surface area contributed by atoms with E-state index in [-0.39, 0.29) is 17.0 Å². The van der Waals surface area contributed by atoms with Crippen LogP contribution in [0.15, 0.2) is 29.1 Å². The number of thiazole rings is 1. The standard InChI is InChI=1S/C21H23N3O3S/c1-3-15-5-7-16(8-6-15)13-18-20(26)24(4-2)21(28-18)17(14-22)19(25)23-9-11-27-12-10-23/h5-8,13H,3-4,9-12H2,1-2H3/b18-13+,21-17-. The Labute approximate surface area is 167 Å². The number of aryl methyl sites for hydroxylation is 1. The molecule has 0 radical (unpaired) electrons. The van der Waals surface area contributed by atoms with Crippen LogP contribution in [0.3, 0.4) is 0 Å². The Hall–Kier alpha value is -2.69. The lowest BCUT2D eigenvalue weighted by atomic mass is 10.1. The molecule has 2 heterocycles. The number of hydrogen-bond acceptors (Lipinski definition) is 5. The second kappa shape index (κ2) is 9.00. The van der Waals surface area contributed by atoms with Gasteiger partial charge in [0.25, 0.3) is 11.5 Å². The first-order valence-electron chi connectivity index (χ1n) is 9.40. The SMILES string of the molecule is CCc1ccc(/C=c2/s/c(=C(/C#N)C(=O)N3CCOCC3)n(CC)c2=O)cc1. The van der Waals surface area contributed by atoms with Crippen molar-refractivity contribution in [3.8, 4) is 6.07 Å². The fourth-order valence-corrected chi connectivity index (χ4v) is 4.26. The maximum atomic E-state index is 12.8. The minimum Gasteiger partial charge on any atom is -0.378 e. The van der Waals surface area contributed by atoms with E-state index in [4.69, 9.17) is 4.74 Å². The molecule has 0 N–H and O–H groups in total. The summed E-state index contributed by atoms with van der Waals surface area (Å²) in [4.78, 5) is 27.3. The normalized spacial score (nSPS) is 16.0. The first-order chi connectivity index (χ1) is 13.6. The van der Waals surface area contributed by atoms with Crippen LogP contribution in [-0.2, 0) is 22.5 Å². The molecular weight excluding hydrogens is 374 g/mol. The molecule has 0 spiro atoms. The van der Waals surface area contributed by atoms with Gasteiger partial charge in [-0.25, -0.2) is 0 Å². The van der Waals surface area contributed by atoms with Crippen molar-refractivity contribution >= 4 is 28.9 Å². The second-order valence-electron chi connectivity index (χ2n) is 6.45. The number of carbonyl (C=O) groups is 1. The van der Waals surface area contributed by atoms with E-state index in [9.17, 15) is 14.9 Å². The number of benzene rings is 1. The monoisotopic (exact) mass is 397 g/mol. The number of nitrogens with zero attached hydrogens (tertiary/aromatic N) is 3. The second-order valence-corrected chi connectivity index (χ2v) is 7.48. The summed E-state index contributed by atoms with van der Waals surface area (Å²) in [5.41, 5.74) is 1.99. The molecule has 6 nitrogen and oxygen atoms in total. The van der Waals surface area contributed by atoms with Crippen LogP contribution >= 0.6 is 11.3 Å². The van der Waals surface area contributed by atoms with E-state index in [0.717, 1.165) is 12.0 Å². The van der Waals surface area contributed by atoms with Gasteiger partial charge in [0.1, 0.15) is 10.7 Å². The first-order valence-corrected chi connectivity index (χ1v) is 10.2. The van der Waals surface area contributed by atoms with E-state index in [1.165, 1.54) is 21.5 Å². The summed E-state index contributed by atoms with van der Waals surface area (Å²) in [5.74, 6) is -0.340. The number of rotatable bonds is 4. The molecule has 7 heteroatoms. The van der Waals surface area contributed by atoms with Gasteiger partial charge < -0.3 is 9.64 Å². The van der Waals surface area contributed by atoms with Crippen LogP contribution in [-0.4, -0.2) is 41.7 Å². The first kappa shape index (κ1) is 20.1. The quantitative estimate of drug-likeness (QED) is 0.767. The Morgan fingerprint density at radius 2 is 1.93 bits per heavy atom. The molecule has 0 bridgehead atoms. The summed E-state index contributed by atoms with van der Waals surface area (Å²) < 4.78 is 7.72. The molecule has 146 valence electrons. The van der Waals surface area contributed by atoms with Gasteiger partial charge in [-0.1, -0.05) is 31.2 Å². The molecule has 1 aliphatic heterocycles. The van der Waals surface area contributed by atoms with Crippen molar-refractivity contribution in [1.29, 1.82) is 5.26 Å². The highest BCUT2D eigenvalue weighted by molar-refractivity contribution is 7.07. The van der Waals surface area contributed by atoms with Gasteiger partial charge in [0, 0.05) is 19.6 Å². The highest BCUT2D eigenvalue weighted by atomic mass is 32.1. The maximum absolute atomic E-state index is 12.8. The molecule has 0 atom stereocenters. The predicted octanol–water partition coefficient (Wildman–Crippen LogP) is 0.854. The fourth-order valence-electron chi connectivity index (χ4n) is 3.11. The summed E-state index contributed by atoms with van der Waals surface area (Å²) in [5, 5.41) is 9.66. The summed E-state index contributed by atoms with van der Waals surface area (Å²) in [6.07, 6.45) is 2.77. The van der Waals surface area contributed by atoms with Gasteiger partial charge >= 0.3 is 0 Å². The molecule has 2 aromatic rings. The number of aromatic nitrogens is 1. The lowest BCUT2D eigenvalue weighted by Gasteiger charge is -2.26. The molecule has 3 rings (SSSR count). The van der Waals surface area contributed by atoms with Gasteiger partial charge in [0.05, 0.1) is 17.7 Å². The lowest BCUT2D eigenvalue weighted by Crippen LogP contribution is -2.42. The highest BCUT2D eigenvalue weighted by Crippen LogP contribution is 2.07. The Kier molecular flexibility index (Phi) is 6.45. The maximum Gasteiger partial charge on any atom is 0.269 e. The zero-order chi connectivity index (χ0) is 20.1. The van der Waals surface area contributed by atoms with Crippen LogP contribution in [0.25, 0.3) is 11.6 Å². The fraction of sp³-hybridized carbons (Fsp3) is 0.381. The van der Waals surface area contributed by atoms with Crippen molar-refractivity contribution in [3.05, 3.63) is 54.9 Å². The average Bonchev–Trinajstić information content (AvgIpc) is 3.04. The molecule has 1 aromatic heterocycles. The van der Waals surface area contributed by atoms with Crippen LogP contribution in [0, 0.1) is 11.3 Å². The van der Waals surface area contributed by atoms with Gasteiger partial charge in [-0.3, -0.25) is 14.2 Å². The summed E-state index contributed by atoms with van der Waals surface area (Å²) >= 11 is 1.20. The average molecular weight is 398 g/mol. The van der Waals surface area contributed by atoms with Crippen LogP contribution in [0.1, 0.15) is 25.0 Å². The van der Waals surface area contributed by atoms with E-state index in [0.29, 0.717) is 42.0 Å². The molecule has 1 saturated heterocycles. The van der Waals surface area contributed by atoms with Crippen molar-refractivity contribution in [3.63, 3.8) is 0 Å². The van der Waals surface area contributed by atoms with Crippen molar-refractivity contribution in [2.75, 3.05) is 26.3 Å². The largest absolute Gasteiger partial charge is 0.378 e. The Morgan fingerprint density at radius 3 is 2.50 bits per heavy atom. The molecule has 1 aliphatic rings. The molecule has 0 aliphatic carbocycles. The van der Waals surface area contributed by atoms with Crippen LogP contribution < -0.4 is 14.8 Å². The third-order valence-electron chi connectivity index (χ3n) is 4.75. The molecular formula is C21H23N3O3S. The van der Waals surface area contributed by atoms with E-state index >= 15 is 0 Å². The van der Waals surface area contributed by atoms with Gasteiger partial charge in [-0.15, -0.1) is 11.3 Å². The number of amides is 1. The van der Waals surface area contributed by atoms with Gasteiger partial charge in [-0.05, 0) is 30.5 Å². The predicted molar refractivity (Wildman–Crippen MR) is 109 cm³/mol. The van der Waals surface area contributed by atoms with Gasteiger partial charge in [0.2, 0.25) is 0 Å². The number of hydrogen-bond donors (Lipinski definition) is 0. The molecule has 1 amide bonds. The van der Waals surface area contributed by atoms with Gasteiger partial charge in [0.15, 0.2) is 5.57 Å². The molecule has 0 unspecified atom stereocenters. The van der Waals surface area contributed by atoms with E-state index < -0.39 is 0 Å². The van der Waals surface area contributed by atoms with E-state index in [1.54, 1.807) is 4.90 Å². The molecule has 1 aromatic carbocycles. The summed E-state index contributed by atoms with van der Waals surface area (Å²) in [7, 11) is 0. The topological polar surface area (TPSA) is 75.3 Å². The summed E-state index contributed by atoms with van der Waals surface area (Å²) in [6.45, 7) is 6.16. The van der Waals surface area contributed by atoms with Crippen LogP contribution in [0.4, 0.5) is 0 Å². The summed E-state index contributed by atoms with van der Waals surface area (Å²) in [6, 6.07) is 10.0. The van der Waals surface area contributed by atoms with Crippen molar-refractivity contribution in [1.82, 2.24) is 9.47 Å². The highest BCUT2D eigenvalue weighted by Gasteiger charge is 2.23. The van der Waals surface area contributed by atoms with Gasteiger partial charge in [-0.2, -0.15) is 5.26 Å². The Balaban J connectivity index is 2.12.